The molecule has 5 nitrogen and oxygen atoms in total. The number of rotatable bonds is 5. The second-order valence-corrected chi connectivity index (χ2v) is 3.78. The molecule has 2 heterocycles. The molecule has 0 atom stereocenters. The number of aromatic nitrogens is 4. The lowest BCUT2D eigenvalue weighted by Gasteiger charge is -2.07. The number of nitrogens with zero attached hydrogens (tertiary/aromatic N) is 4. The van der Waals surface area contributed by atoms with Crippen LogP contribution in [-0.2, 0) is 20.1 Å². The van der Waals surface area contributed by atoms with Crippen LogP contribution in [0.4, 0.5) is 5.95 Å². The minimum absolute atomic E-state index is 0.710. The van der Waals surface area contributed by atoms with Crippen LogP contribution in [-0.4, -0.2) is 19.3 Å². The van der Waals surface area contributed by atoms with E-state index >= 15 is 0 Å². The SMILES string of the molecule is CCCn1ccnc1NCc1ccn(C)n1. The van der Waals surface area contributed by atoms with Crippen molar-refractivity contribution < 1.29 is 0 Å². The van der Waals surface area contributed by atoms with Crippen molar-refractivity contribution in [3.63, 3.8) is 0 Å². The van der Waals surface area contributed by atoms with Crippen LogP contribution in [0, 0.1) is 0 Å². The maximum absolute atomic E-state index is 4.30. The van der Waals surface area contributed by atoms with Crippen LogP contribution in [0.25, 0.3) is 0 Å². The van der Waals surface area contributed by atoms with Gasteiger partial charge in [0.2, 0.25) is 5.95 Å². The minimum Gasteiger partial charge on any atom is -0.350 e. The van der Waals surface area contributed by atoms with Gasteiger partial charge < -0.3 is 9.88 Å². The van der Waals surface area contributed by atoms with Crippen molar-refractivity contribution in [1.82, 2.24) is 19.3 Å². The second-order valence-electron chi connectivity index (χ2n) is 3.78. The van der Waals surface area contributed by atoms with Gasteiger partial charge in [0.15, 0.2) is 0 Å². The quantitative estimate of drug-likeness (QED) is 0.831. The van der Waals surface area contributed by atoms with Gasteiger partial charge in [-0.05, 0) is 12.5 Å². The molecule has 2 rings (SSSR count). The molecule has 1 N–H and O–H groups in total. The Labute approximate surface area is 95.1 Å². The summed E-state index contributed by atoms with van der Waals surface area (Å²) in [5.41, 5.74) is 1.02. The Morgan fingerprint density at radius 2 is 2.25 bits per heavy atom. The molecule has 0 saturated heterocycles. The highest BCUT2D eigenvalue weighted by Crippen LogP contribution is 2.07. The predicted octanol–water partition coefficient (Wildman–Crippen LogP) is 1.64. The van der Waals surface area contributed by atoms with Crippen molar-refractivity contribution >= 4 is 5.95 Å². The fourth-order valence-corrected chi connectivity index (χ4v) is 1.62. The summed E-state index contributed by atoms with van der Waals surface area (Å²) in [4.78, 5) is 4.27. The fraction of sp³-hybridized carbons (Fsp3) is 0.455. The molecule has 86 valence electrons. The Balaban J connectivity index is 1.96. The van der Waals surface area contributed by atoms with E-state index in [2.05, 4.69) is 26.9 Å². The number of hydrogen-bond donors (Lipinski definition) is 1. The zero-order valence-corrected chi connectivity index (χ0v) is 9.72. The number of imidazole rings is 1. The lowest BCUT2D eigenvalue weighted by Crippen LogP contribution is -2.07. The van der Waals surface area contributed by atoms with E-state index in [1.165, 1.54) is 0 Å². The van der Waals surface area contributed by atoms with Gasteiger partial charge in [-0.25, -0.2) is 4.98 Å². The summed E-state index contributed by atoms with van der Waals surface area (Å²) >= 11 is 0. The van der Waals surface area contributed by atoms with Crippen LogP contribution >= 0.6 is 0 Å². The van der Waals surface area contributed by atoms with Crippen LogP contribution in [0.2, 0.25) is 0 Å². The van der Waals surface area contributed by atoms with Gasteiger partial charge >= 0.3 is 0 Å². The number of anilines is 1. The van der Waals surface area contributed by atoms with E-state index < -0.39 is 0 Å². The van der Waals surface area contributed by atoms with E-state index in [-0.39, 0.29) is 0 Å². The standard InChI is InChI=1S/C11H17N5/c1-3-6-16-8-5-12-11(16)13-9-10-4-7-15(2)14-10/h4-5,7-8H,3,6,9H2,1-2H3,(H,12,13). The Hall–Kier alpha value is -1.78. The molecule has 2 aromatic heterocycles. The van der Waals surface area contributed by atoms with Gasteiger partial charge in [-0.1, -0.05) is 6.92 Å². The highest BCUT2D eigenvalue weighted by atomic mass is 15.3. The van der Waals surface area contributed by atoms with Crippen molar-refractivity contribution in [3.05, 3.63) is 30.4 Å². The summed E-state index contributed by atoms with van der Waals surface area (Å²) < 4.78 is 3.92. The summed E-state index contributed by atoms with van der Waals surface area (Å²) in [7, 11) is 1.92. The third-order valence-corrected chi connectivity index (χ3v) is 2.38. The van der Waals surface area contributed by atoms with Gasteiger partial charge in [-0.2, -0.15) is 5.10 Å². The zero-order valence-electron chi connectivity index (χ0n) is 9.72. The molecule has 0 spiro atoms. The van der Waals surface area contributed by atoms with Crippen LogP contribution < -0.4 is 5.32 Å². The first kappa shape index (κ1) is 10.7. The van der Waals surface area contributed by atoms with Crippen molar-refractivity contribution in [2.24, 2.45) is 7.05 Å². The lowest BCUT2D eigenvalue weighted by atomic mass is 10.4. The van der Waals surface area contributed by atoms with Gasteiger partial charge in [-0.3, -0.25) is 4.68 Å². The van der Waals surface area contributed by atoms with Crippen LogP contribution in [0.3, 0.4) is 0 Å². The second kappa shape index (κ2) is 4.83. The monoisotopic (exact) mass is 219 g/mol. The van der Waals surface area contributed by atoms with E-state index in [9.17, 15) is 0 Å². The largest absolute Gasteiger partial charge is 0.350 e. The van der Waals surface area contributed by atoms with Gasteiger partial charge in [0.1, 0.15) is 0 Å². The minimum atomic E-state index is 0.710. The van der Waals surface area contributed by atoms with E-state index in [1.807, 2.05) is 31.7 Å². The van der Waals surface area contributed by atoms with E-state index in [1.54, 1.807) is 4.68 Å². The van der Waals surface area contributed by atoms with Crippen LogP contribution in [0.15, 0.2) is 24.7 Å². The van der Waals surface area contributed by atoms with E-state index in [4.69, 9.17) is 0 Å². The van der Waals surface area contributed by atoms with Gasteiger partial charge in [-0.15, -0.1) is 0 Å². The molecular formula is C11H17N5. The maximum Gasteiger partial charge on any atom is 0.203 e. The van der Waals surface area contributed by atoms with Gasteiger partial charge in [0.25, 0.3) is 0 Å². The molecule has 5 heteroatoms. The first-order chi connectivity index (χ1) is 7.79. The molecule has 0 amide bonds. The molecule has 16 heavy (non-hydrogen) atoms. The topological polar surface area (TPSA) is 47.7 Å². The zero-order chi connectivity index (χ0) is 11.4. The summed E-state index contributed by atoms with van der Waals surface area (Å²) in [6.07, 6.45) is 6.85. The van der Waals surface area contributed by atoms with Crippen molar-refractivity contribution in [2.75, 3.05) is 5.32 Å². The summed E-state index contributed by atoms with van der Waals surface area (Å²) in [5, 5.41) is 7.59. The molecule has 0 aliphatic rings. The van der Waals surface area contributed by atoms with Crippen molar-refractivity contribution in [2.45, 2.75) is 26.4 Å². The van der Waals surface area contributed by atoms with Gasteiger partial charge in [0, 0.05) is 32.2 Å². The molecule has 2 aromatic rings. The fourth-order valence-electron chi connectivity index (χ4n) is 1.62. The van der Waals surface area contributed by atoms with E-state index in [0.717, 1.165) is 24.6 Å². The summed E-state index contributed by atoms with van der Waals surface area (Å²) in [5.74, 6) is 0.910. The smallest absolute Gasteiger partial charge is 0.203 e. The van der Waals surface area contributed by atoms with Gasteiger partial charge in [0.05, 0.1) is 12.2 Å². The number of nitrogens with one attached hydrogen (secondary N) is 1. The predicted molar refractivity (Wildman–Crippen MR) is 63.1 cm³/mol. The van der Waals surface area contributed by atoms with E-state index in [0.29, 0.717) is 6.54 Å². The molecule has 0 unspecified atom stereocenters. The Bertz CT molecular complexity index is 443. The highest BCUT2D eigenvalue weighted by molar-refractivity contribution is 5.26. The molecule has 0 aliphatic heterocycles. The molecule has 0 fully saturated rings. The average Bonchev–Trinajstić information content (AvgIpc) is 2.85. The van der Waals surface area contributed by atoms with Crippen LogP contribution in [0.5, 0.6) is 0 Å². The number of aryl methyl sites for hydroxylation is 2. The highest BCUT2D eigenvalue weighted by Gasteiger charge is 2.02. The van der Waals surface area contributed by atoms with Crippen LogP contribution in [0.1, 0.15) is 19.0 Å². The molecule has 0 saturated carbocycles. The average molecular weight is 219 g/mol. The molecule has 0 aromatic carbocycles. The Morgan fingerprint density at radius 1 is 1.38 bits per heavy atom. The third-order valence-electron chi connectivity index (χ3n) is 2.38. The third kappa shape index (κ3) is 2.42. The first-order valence-electron chi connectivity index (χ1n) is 5.53. The first-order valence-corrected chi connectivity index (χ1v) is 5.53. The Kier molecular flexibility index (Phi) is 3.24. The molecule has 0 aliphatic carbocycles. The summed E-state index contributed by atoms with van der Waals surface area (Å²) in [6.45, 7) is 3.86. The van der Waals surface area contributed by atoms with Crippen molar-refractivity contribution in [3.8, 4) is 0 Å². The lowest BCUT2D eigenvalue weighted by molar-refractivity contribution is 0.680. The molecule has 0 radical (unpaired) electrons. The molecule has 0 bridgehead atoms. The van der Waals surface area contributed by atoms with Crippen molar-refractivity contribution in [1.29, 1.82) is 0 Å². The maximum atomic E-state index is 4.30. The summed E-state index contributed by atoms with van der Waals surface area (Å²) in [6, 6.07) is 2.00. The normalized spacial score (nSPS) is 10.6. The number of hydrogen-bond acceptors (Lipinski definition) is 3. The Morgan fingerprint density at radius 3 is 2.94 bits per heavy atom. The molecular weight excluding hydrogens is 202 g/mol.